The number of ether oxygens (including phenoxy) is 3. The molecule has 1 aromatic heterocycles. The van der Waals surface area contributed by atoms with E-state index in [4.69, 9.17) is 19.2 Å². The number of nitrogens with one attached hydrogen (secondary N) is 1. The molecule has 2 aromatic carbocycles. The summed E-state index contributed by atoms with van der Waals surface area (Å²) in [4.78, 5) is 42.7. The summed E-state index contributed by atoms with van der Waals surface area (Å²) in [6, 6.07) is 14.4. The second-order valence-electron chi connectivity index (χ2n) is 8.34. The number of hydrogen-bond donors (Lipinski definition) is 1. The Labute approximate surface area is 196 Å². The predicted molar refractivity (Wildman–Crippen MR) is 123 cm³/mol. The van der Waals surface area contributed by atoms with E-state index in [2.05, 4.69) is 5.32 Å². The van der Waals surface area contributed by atoms with Gasteiger partial charge in [-0.2, -0.15) is 0 Å². The standard InChI is InChI=1S/C26H24N2O6/c29-23(28-25(30)22-14-32-20-12-6-7-13-21(20)34-22)15-33-26(31)24-16-8-2-1-3-10-18(16)27-19-11-5-4-9-17(19)24/h4-7,9,11-13,22H,1-3,8,10,14-15H2,(H,28,29,30). The van der Waals surface area contributed by atoms with Gasteiger partial charge in [-0.3, -0.25) is 19.9 Å². The average molecular weight is 460 g/mol. The van der Waals surface area contributed by atoms with Crippen molar-refractivity contribution in [2.75, 3.05) is 13.2 Å². The lowest BCUT2D eigenvalue weighted by atomic mass is 9.97. The molecule has 5 rings (SSSR count). The van der Waals surface area contributed by atoms with Crippen LogP contribution in [-0.4, -0.2) is 42.1 Å². The minimum atomic E-state index is -0.977. The van der Waals surface area contributed by atoms with Gasteiger partial charge in [-0.05, 0) is 49.4 Å². The van der Waals surface area contributed by atoms with Crippen molar-refractivity contribution in [2.24, 2.45) is 0 Å². The molecule has 2 heterocycles. The van der Waals surface area contributed by atoms with E-state index in [-0.39, 0.29) is 6.61 Å². The summed E-state index contributed by atoms with van der Waals surface area (Å²) in [7, 11) is 0. The first-order valence-corrected chi connectivity index (χ1v) is 11.4. The van der Waals surface area contributed by atoms with Crippen molar-refractivity contribution in [3.8, 4) is 11.5 Å². The summed E-state index contributed by atoms with van der Waals surface area (Å²) in [5.74, 6) is -1.01. The maximum Gasteiger partial charge on any atom is 0.339 e. The van der Waals surface area contributed by atoms with Crippen LogP contribution in [0, 0.1) is 0 Å². The maximum absolute atomic E-state index is 13.1. The van der Waals surface area contributed by atoms with E-state index >= 15 is 0 Å². The number of esters is 1. The molecular formula is C26H24N2O6. The highest BCUT2D eigenvalue weighted by atomic mass is 16.6. The van der Waals surface area contributed by atoms with Crippen LogP contribution in [0.15, 0.2) is 48.5 Å². The number of carbonyl (C=O) groups is 3. The number of benzene rings is 2. The number of amides is 2. The van der Waals surface area contributed by atoms with Gasteiger partial charge in [0.15, 0.2) is 18.1 Å². The average Bonchev–Trinajstić information content (AvgIpc) is 3.10. The molecule has 0 radical (unpaired) electrons. The number of fused-ring (bicyclic) bond motifs is 3. The molecule has 0 saturated heterocycles. The molecule has 1 N–H and O–H groups in total. The second-order valence-corrected chi connectivity index (χ2v) is 8.34. The van der Waals surface area contributed by atoms with Crippen LogP contribution < -0.4 is 14.8 Å². The van der Waals surface area contributed by atoms with Gasteiger partial charge in [-0.1, -0.05) is 36.8 Å². The van der Waals surface area contributed by atoms with Gasteiger partial charge in [0.2, 0.25) is 6.10 Å². The van der Waals surface area contributed by atoms with E-state index in [0.29, 0.717) is 22.4 Å². The topological polar surface area (TPSA) is 104 Å². The predicted octanol–water partition coefficient (Wildman–Crippen LogP) is 3.14. The molecule has 0 bridgehead atoms. The van der Waals surface area contributed by atoms with E-state index in [1.54, 1.807) is 24.3 Å². The molecule has 34 heavy (non-hydrogen) atoms. The van der Waals surface area contributed by atoms with Gasteiger partial charge in [-0.25, -0.2) is 4.79 Å². The Morgan fingerprint density at radius 3 is 2.62 bits per heavy atom. The zero-order valence-corrected chi connectivity index (χ0v) is 18.5. The van der Waals surface area contributed by atoms with Gasteiger partial charge < -0.3 is 14.2 Å². The van der Waals surface area contributed by atoms with Crippen molar-refractivity contribution in [1.82, 2.24) is 10.3 Å². The Balaban J connectivity index is 1.26. The van der Waals surface area contributed by atoms with E-state index < -0.39 is 30.5 Å². The first-order chi connectivity index (χ1) is 16.6. The molecule has 0 saturated carbocycles. The lowest BCUT2D eigenvalue weighted by Crippen LogP contribution is -2.47. The third-order valence-electron chi connectivity index (χ3n) is 6.02. The van der Waals surface area contributed by atoms with Crippen molar-refractivity contribution in [3.63, 3.8) is 0 Å². The first-order valence-electron chi connectivity index (χ1n) is 11.4. The number of aromatic nitrogens is 1. The number of pyridine rings is 1. The number of rotatable bonds is 4. The van der Waals surface area contributed by atoms with Crippen LogP contribution in [0.5, 0.6) is 11.5 Å². The Hall–Kier alpha value is -3.94. The normalized spacial score (nSPS) is 16.8. The molecule has 2 aliphatic rings. The highest BCUT2D eigenvalue weighted by Gasteiger charge is 2.29. The minimum absolute atomic E-state index is 0.0228. The molecular weight excluding hydrogens is 436 g/mol. The van der Waals surface area contributed by atoms with Crippen LogP contribution >= 0.6 is 0 Å². The van der Waals surface area contributed by atoms with E-state index in [0.717, 1.165) is 48.9 Å². The summed E-state index contributed by atoms with van der Waals surface area (Å²) in [5.41, 5.74) is 2.99. The summed E-state index contributed by atoms with van der Waals surface area (Å²) in [6.45, 7) is -0.606. The molecule has 174 valence electrons. The Bertz CT molecular complexity index is 1270. The summed E-state index contributed by atoms with van der Waals surface area (Å²) < 4.78 is 16.5. The van der Waals surface area contributed by atoms with Gasteiger partial charge in [0.05, 0.1) is 11.1 Å². The molecule has 1 aliphatic carbocycles. The van der Waals surface area contributed by atoms with Crippen LogP contribution in [0.1, 0.15) is 40.9 Å². The number of imide groups is 1. The molecule has 2 amide bonds. The zero-order valence-electron chi connectivity index (χ0n) is 18.5. The van der Waals surface area contributed by atoms with Crippen molar-refractivity contribution in [2.45, 2.75) is 38.2 Å². The summed E-state index contributed by atoms with van der Waals surface area (Å²) >= 11 is 0. The molecule has 8 nitrogen and oxygen atoms in total. The Morgan fingerprint density at radius 2 is 1.74 bits per heavy atom. The van der Waals surface area contributed by atoms with Crippen molar-refractivity contribution in [3.05, 3.63) is 65.4 Å². The van der Waals surface area contributed by atoms with Gasteiger partial charge in [0, 0.05) is 11.1 Å². The van der Waals surface area contributed by atoms with Crippen LogP contribution in [0.2, 0.25) is 0 Å². The van der Waals surface area contributed by atoms with Gasteiger partial charge in [0.1, 0.15) is 6.61 Å². The molecule has 3 aromatic rings. The quantitative estimate of drug-likeness (QED) is 0.471. The maximum atomic E-state index is 13.1. The number of aryl methyl sites for hydroxylation is 1. The third-order valence-corrected chi connectivity index (χ3v) is 6.02. The number of nitrogens with zero attached hydrogens (tertiary/aromatic N) is 1. The monoisotopic (exact) mass is 460 g/mol. The van der Waals surface area contributed by atoms with E-state index in [1.165, 1.54) is 0 Å². The SMILES string of the molecule is O=C(COC(=O)c1c2c(nc3ccccc13)CCCCC2)NC(=O)C1COc2ccccc2O1. The summed E-state index contributed by atoms with van der Waals surface area (Å²) in [5, 5.41) is 2.93. The summed E-state index contributed by atoms with van der Waals surface area (Å²) in [6.07, 6.45) is 3.63. The minimum Gasteiger partial charge on any atom is -0.485 e. The molecule has 1 unspecified atom stereocenters. The molecule has 8 heteroatoms. The number of para-hydroxylation sites is 3. The fourth-order valence-electron chi connectivity index (χ4n) is 4.39. The Kier molecular flexibility index (Phi) is 6.12. The fraction of sp³-hybridized carbons (Fsp3) is 0.308. The van der Waals surface area contributed by atoms with Crippen molar-refractivity contribution < 1.29 is 28.6 Å². The molecule has 1 aliphatic heterocycles. The Morgan fingerprint density at radius 1 is 0.971 bits per heavy atom. The number of carbonyl (C=O) groups excluding carboxylic acids is 3. The zero-order chi connectivity index (χ0) is 23.5. The highest BCUT2D eigenvalue weighted by Crippen LogP contribution is 2.31. The van der Waals surface area contributed by atoms with Crippen molar-refractivity contribution in [1.29, 1.82) is 0 Å². The highest BCUT2D eigenvalue weighted by molar-refractivity contribution is 6.06. The lowest BCUT2D eigenvalue weighted by molar-refractivity contribution is -0.137. The molecule has 1 atom stereocenters. The molecule has 0 fully saturated rings. The van der Waals surface area contributed by atoms with Gasteiger partial charge in [-0.15, -0.1) is 0 Å². The van der Waals surface area contributed by atoms with Gasteiger partial charge >= 0.3 is 5.97 Å². The third kappa shape index (κ3) is 4.44. The van der Waals surface area contributed by atoms with Crippen LogP contribution in [-0.2, 0) is 27.2 Å². The van der Waals surface area contributed by atoms with Crippen LogP contribution in [0.4, 0.5) is 0 Å². The van der Waals surface area contributed by atoms with Crippen LogP contribution in [0.3, 0.4) is 0 Å². The van der Waals surface area contributed by atoms with Crippen molar-refractivity contribution >= 4 is 28.7 Å². The fourth-order valence-corrected chi connectivity index (χ4v) is 4.39. The largest absolute Gasteiger partial charge is 0.485 e. The number of hydrogen-bond acceptors (Lipinski definition) is 7. The van der Waals surface area contributed by atoms with E-state index in [1.807, 2.05) is 24.3 Å². The van der Waals surface area contributed by atoms with E-state index in [9.17, 15) is 14.4 Å². The second kappa shape index (κ2) is 9.51. The lowest BCUT2D eigenvalue weighted by Gasteiger charge is -2.25. The molecule has 0 spiro atoms. The first kappa shape index (κ1) is 21.9. The smallest absolute Gasteiger partial charge is 0.339 e. The van der Waals surface area contributed by atoms with Crippen LogP contribution in [0.25, 0.3) is 10.9 Å². The van der Waals surface area contributed by atoms with Gasteiger partial charge in [0.25, 0.3) is 11.8 Å².